The molecule has 37 heavy (non-hydrogen) atoms. The molecule has 4 rings (SSSR count). The van der Waals surface area contributed by atoms with Crippen molar-refractivity contribution >= 4 is 35.1 Å². The number of aromatic hydroxyl groups is 1. The third-order valence-electron chi connectivity index (χ3n) is 6.73. The Labute approximate surface area is 220 Å². The summed E-state index contributed by atoms with van der Waals surface area (Å²) in [4.78, 5) is 41.5. The Morgan fingerprint density at radius 1 is 1.05 bits per heavy atom. The van der Waals surface area contributed by atoms with Gasteiger partial charge in [0.1, 0.15) is 18.0 Å². The van der Waals surface area contributed by atoms with Crippen molar-refractivity contribution in [2.45, 2.75) is 38.5 Å². The van der Waals surface area contributed by atoms with E-state index in [4.69, 9.17) is 11.6 Å². The number of carboxylic acids is 1. The number of halogens is 1. The Kier molecular flexibility index (Phi) is 7.52. The molecule has 3 atom stereocenters. The van der Waals surface area contributed by atoms with Crippen LogP contribution >= 0.6 is 11.6 Å². The lowest BCUT2D eigenvalue weighted by atomic mass is 10.0. The minimum Gasteiger partial charge on any atom is -0.508 e. The fourth-order valence-corrected chi connectivity index (χ4v) is 4.87. The summed E-state index contributed by atoms with van der Waals surface area (Å²) in [6, 6.07) is 17.3. The zero-order valence-corrected chi connectivity index (χ0v) is 21.4. The normalized spacial score (nSPS) is 18.6. The molecule has 0 aliphatic carbocycles. The molecule has 1 heterocycles. The van der Waals surface area contributed by atoms with Gasteiger partial charge in [-0.25, -0.2) is 4.79 Å². The molecule has 0 radical (unpaired) electrons. The summed E-state index contributed by atoms with van der Waals surface area (Å²) >= 11 is 6.17. The lowest BCUT2D eigenvalue weighted by molar-refractivity contribution is -0.139. The van der Waals surface area contributed by atoms with Crippen LogP contribution in [0.25, 0.3) is 0 Å². The molecule has 192 valence electrons. The third-order valence-corrected chi connectivity index (χ3v) is 7.05. The lowest BCUT2D eigenvalue weighted by Gasteiger charge is -2.29. The van der Waals surface area contributed by atoms with E-state index in [2.05, 4.69) is 5.32 Å². The number of aliphatic carboxylic acids is 1. The first-order valence-electron chi connectivity index (χ1n) is 11.8. The number of phenolic OH excluding ortho intramolecular Hbond substituents is 1. The van der Waals surface area contributed by atoms with Crippen LogP contribution in [-0.4, -0.2) is 52.0 Å². The number of benzene rings is 3. The maximum Gasteiger partial charge on any atom is 0.326 e. The van der Waals surface area contributed by atoms with Crippen LogP contribution in [0.1, 0.15) is 40.1 Å². The van der Waals surface area contributed by atoms with Gasteiger partial charge in [0.2, 0.25) is 5.91 Å². The minimum absolute atomic E-state index is 0.0521. The minimum atomic E-state index is -1.17. The number of anilines is 1. The number of phenols is 1. The lowest BCUT2D eigenvalue weighted by Crippen LogP contribution is -2.42. The van der Waals surface area contributed by atoms with Crippen LogP contribution in [0.15, 0.2) is 66.7 Å². The van der Waals surface area contributed by atoms with Gasteiger partial charge in [-0.15, -0.1) is 0 Å². The van der Waals surface area contributed by atoms with Crippen molar-refractivity contribution in [1.82, 2.24) is 10.2 Å². The zero-order chi connectivity index (χ0) is 26.9. The molecule has 1 aliphatic heterocycles. The topological polar surface area (TPSA) is 110 Å². The van der Waals surface area contributed by atoms with E-state index in [9.17, 15) is 24.6 Å². The molecule has 3 aromatic rings. The first-order valence-corrected chi connectivity index (χ1v) is 12.2. The van der Waals surface area contributed by atoms with Gasteiger partial charge < -0.3 is 15.5 Å². The van der Waals surface area contributed by atoms with E-state index in [1.807, 2.05) is 18.9 Å². The van der Waals surface area contributed by atoms with Crippen LogP contribution in [-0.2, 0) is 16.0 Å². The summed E-state index contributed by atoms with van der Waals surface area (Å²) in [7, 11) is 1.87. The number of amides is 2. The number of aryl methyl sites for hydroxylation is 1. The van der Waals surface area contributed by atoms with Gasteiger partial charge in [0.05, 0.1) is 16.6 Å². The Bertz CT molecular complexity index is 1310. The van der Waals surface area contributed by atoms with Crippen molar-refractivity contribution in [2.75, 3.05) is 11.9 Å². The SMILES string of the molecule is Cc1cccc(Cl)c1C(=O)NC(Cc1ccc(N2C(=O)C(C)N(C)C2c2ccc(O)cc2)cc1)C(=O)O. The first-order chi connectivity index (χ1) is 17.6. The summed E-state index contributed by atoms with van der Waals surface area (Å²) in [5, 5.41) is 22.2. The van der Waals surface area contributed by atoms with Crippen LogP contribution in [0.2, 0.25) is 5.02 Å². The van der Waals surface area contributed by atoms with Crippen LogP contribution < -0.4 is 10.2 Å². The summed E-state index contributed by atoms with van der Waals surface area (Å²) in [6.07, 6.45) is -0.310. The maximum absolute atomic E-state index is 13.1. The van der Waals surface area contributed by atoms with E-state index in [0.29, 0.717) is 16.8 Å². The molecule has 3 aromatic carbocycles. The molecule has 2 amide bonds. The van der Waals surface area contributed by atoms with Crippen molar-refractivity contribution in [3.8, 4) is 5.75 Å². The van der Waals surface area contributed by atoms with Crippen molar-refractivity contribution in [1.29, 1.82) is 0 Å². The number of carbonyl (C=O) groups excluding carboxylic acids is 2. The van der Waals surface area contributed by atoms with Gasteiger partial charge >= 0.3 is 5.97 Å². The van der Waals surface area contributed by atoms with E-state index in [0.717, 1.165) is 5.56 Å². The number of nitrogens with one attached hydrogen (secondary N) is 1. The van der Waals surface area contributed by atoms with Crippen molar-refractivity contribution in [2.24, 2.45) is 0 Å². The fourth-order valence-electron chi connectivity index (χ4n) is 4.57. The first kappa shape index (κ1) is 26.2. The number of hydrogen-bond acceptors (Lipinski definition) is 5. The standard InChI is InChI=1S/C28H28ClN3O5/c1-16-5-4-6-22(29)24(16)25(34)30-23(28(36)37)15-18-7-11-20(12-8-18)32-26(31(3)17(2)27(32)35)19-9-13-21(33)14-10-19/h4-14,17,23,26,33H,15H2,1-3H3,(H,30,34)(H,36,37). The highest BCUT2D eigenvalue weighted by molar-refractivity contribution is 6.34. The number of hydrogen-bond donors (Lipinski definition) is 3. The van der Waals surface area contributed by atoms with Crippen molar-refractivity contribution in [3.05, 3.63) is 94.0 Å². The molecule has 3 unspecified atom stereocenters. The molecule has 1 fully saturated rings. The Balaban J connectivity index is 1.55. The average Bonchev–Trinajstić information content (AvgIpc) is 3.08. The average molecular weight is 522 g/mol. The van der Waals surface area contributed by atoms with Gasteiger partial charge in [-0.3, -0.25) is 19.4 Å². The highest BCUT2D eigenvalue weighted by Gasteiger charge is 2.43. The van der Waals surface area contributed by atoms with Gasteiger partial charge in [0.25, 0.3) is 5.91 Å². The molecule has 9 heteroatoms. The number of nitrogens with zero attached hydrogens (tertiary/aromatic N) is 2. The van der Waals surface area contributed by atoms with E-state index >= 15 is 0 Å². The monoisotopic (exact) mass is 521 g/mol. The number of rotatable bonds is 7. The Morgan fingerprint density at radius 3 is 2.30 bits per heavy atom. The second-order valence-corrected chi connectivity index (χ2v) is 9.59. The largest absolute Gasteiger partial charge is 0.508 e. The zero-order valence-electron chi connectivity index (χ0n) is 20.7. The van der Waals surface area contributed by atoms with Crippen LogP contribution in [0, 0.1) is 6.92 Å². The van der Waals surface area contributed by atoms with Crippen LogP contribution in [0.4, 0.5) is 5.69 Å². The van der Waals surface area contributed by atoms with Gasteiger partial charge in [0, 0.05) is 12.1 Å². The van der Waals surface area contributed by atoms with Crippen LogP contribution in [0.3, 0.4) is 0 Å². The Morgan fingerprint density at radius 2 is 1.70 bits per heavy atom. The molecule has 0 spiro atoms. The van der Waals surface area contributed by atoms with Crippen molar-refractivity contribution < 1.29 is 24.6 Å². The maximum atomic E-state index is 13.1. The summed E-state index contributed by atoms with van der Waals surface area (Å²) in [5.41, 5.74) is 3.09. The number of likely N-dealkylation sites (N-methyl/N-ethyl adjacent to an activating group) is 1. The van der Waals surface area contributed by atoms with E-state index < -0.39 is 17.9 Å². The molecule has 0 aromatic heterocycles. The molecular weight excluding hydrogens is 494 g/mol. The van der Waals surface area contributed by atoms with Gasteiger partial charge in [-0.2, -0.15) is 0 Å². The highest BCUT2D eigenvalue weighted by Crippen LogP contribution is 2.37. The van der Waals surface area contributed by atoms with Crippen LogP contribution in [0.5, 0.6) is 5.75 Å². The molecule has 1 aliphatic rings. The summed E-state index contributed by atoms with van der Waals surface area (Å²) in [6.45, 7) is 3.57. The summed E-state index contributed by atoms with van der Waals surface area (Å²) in [5.74, 6) is -1.65. The van der Waals surface area contributed by atoms with E-state index in [1.165, 1.54) is 0 Å². The predicted octanol–water partition coefficient (Wildman–Crippen LogP) is 4.15. The predicted molar refractivity (Wildman–Crippen MR) is 141 cm³/mol. The second-order valence-electron chi connectivity index (χ2n) is 9.18. The molecule has 1 saturated heterocycles. The van der Waals surface area contributed by atoms with Gasteiger partial charge in [0.15, 0.2) is 0 Å². The smallest absolute Gasteiger partial charge is 0.326 e. The number of carbonyl (C=O) groups is 3. The van der Waals surface area contributed by atoms with E-state index in [1.54, 1.807) is 78.6 Å². The van der Waals surface area contributed by atoms with Gasteiger partial charge in [-0.1, -0.05) is 48.0 Å². The fraction of sp³-hybridized carbons (Fsp3) is 0.250. The summed E-state index contributed by atoms with van der Waals surface area (Å²) < 4.78 is 0. The molecule has 3 N–H and O–H groups in total. The Hall–Kier alpha value is -3.88. The van der Waals surface area contributed by atoms with Gasteiger partial charge in [-0.05, 0) is 67.9 Å². The highest BCUT2D eigenvalue weighted by atomic mass is 35.5. The molecular formula is C28H28ClN3O5. The molecule has 8 nitrogen and oxygen atoms in total. The third kappa shape index (κ3) is 5.30. The molecule has 0 saturated carbocycles. The second kappa shape index (κ2) is 10.6. The quantitative estimate of drug-likeness (QED) is 0.431. The van der Waals surface area contributed by atoms with Crippen molar-refractivity contribution in [3.63, 3.8) is 0 Å². The molecule has 0 bridgehead atoms. The number of carboxylic acid groups (broad SMARTS) is 1. The van der Waals surface area contributed by atoms with E-state index in [-0.39, 0.29) is 40.9 Å².